The van der Waals surface area contributed by atoms with Gasteiger partial charge in [-0.15, -0.1) is 4.59 Å². The summed E-state index contributed by atoms with van der Waals surface area (Å²) in [6, 6.07) is 7.90. The number of hydrogen-bond acceptors (Lipinski definition) is 7. The van der Waals surface area contributed by atoms with Gasteiger partial charge in [0.15, 0.2) is 0 Å². The second kappa shape index (κ2) is 9.05. The Hall–Kier alpha value is -4.46. The van der Waals surface area contributed by atoms with Crippen molar-refractivity contribution in [3.63, 3.8) is 0 Å². The van der Waals surface area contributed by atoms with Gasteiger partial charge in [0.1, 0.15) is 23.3 Å². The fraction of sp³-hybridized carbons (Fsp3) is 0.222. The number of aryl methyl sites for hydroxylation is 1. The highest BCUT2D eigenvalue weighted by Crippen LogP contribution is 2.46. The number of anilines is 1. The van der Waals surface area contributed by atoms with Crippen LogP contribution in [0.25, 0.3) is 0 Å². The summed E-state index contributed by atoms with van der Waals surface area (Å²) in [5.74, 6) is 6.39. The lowest BCUT2D eigenvalue weighted by atomic mass is 9.80. The van der Waals surface area contributed by atoms with Crippen LogP contribution in [0.2, 0.25) is 0 Å². The van der Waals surface area contributed by atoms with E-state index < -0.39 is 23.2 Å². The summed E-state index contributed by atoms with van der Waals surface area (Å²) >= 11 is 0. The predicted octanol–water partition coefficient (Wildman–Crippen LogP) is 3.53. The van der Waals surface area contributed by atoms with Crippen LogP contribution in [0.3, 0.4) is 0 Å². The first-order valence-corrected chi connectivity index (χ1v) is 12.4. The molecule has 0 bridgehead atoms. The number of alkyl halides is 3. The van der Waals surface area contributed by atoms with Crippen molar-refractivity contribution in [3.8, 4) is 0 Å². The van der Waals surface area contributed by atoms with Gasteiger partial charge >= 0.3 is 6.18 Å². The zero-order valence-corrected chi connectivity index (χ0v) is 21.2. The van der Waals surface area contributed by atoms with Gasteiger partial charge in [-0.25, -0.2) is 4.98 Å². The molecular formula is C27H24F3N8O2+. The number of fused-ring (bicyclic) bond motifs is 2. The first-order valence-electron chi connectivity index (χ1n) is 12.4. The molecule has 2 atom stereocenters. The number of pyridine rings is 1. The third-order valence-corrected chi connectivity index (χ3v) is 7.38. The second-order valence-corrected chi connectivity index (χ2v) is 9.82. The van der Waals surface area contributed by atoms with Gasteiger partial charge in [0.25, 0.3) is 11.7 Å². The Bertz CT molecular complexity index is 1650. The van der Waals surface area contributed by atoms with Crippen LogP contribution in [0.5, 0.6) is 0 Å². The van der Waals surface area contributed by atoms with E-state index in [-0.39, 0.29) is 16.0 Å². The molecule has 1 aromatic carbocycles. The summed E-state index contributed by atoms with van der Waals surface area (Å²) < 4.78 is 40.5. The number of amides is 1. The van der Waals surface area contributed by atoms with E-state index in [0.29, 0.717) is 34.8 Å². The second-order valence-electron chi connectivity index (χ2n) is 9.82. The standard InChI is InChI=1S/C27H23F3N8O2/c1-37-20-3-2-9-26(40,19(20)14-34-37)23-21-15-32-11-12-38(21,31)24(36-23)16-4-6-17(7-5-16)25(39)35-22-13-18(8-10-33-22)27(28,29)30/h4-8,10-15,40H,2-3,9,31H2,1H3/p+1. The van der Waals surface area contributed by atoms with Crippen LogP contribution in [-0.4, -0.2) is 42.4 Å². The van der Waals surface area contributed by atoms with E-state index >= 15 is 0 Å². The minimum Gasteiger partial charge on any atom is -0.378 e. The molecule has 0 fully saturated rings. The number of aliphatic imine (C=N–C) groups is 2. The third kappa shape index (κ3) is 4.06. The zero-order valence-electron chi connectivity index (χ0n) is 21.2. The number of aromatic nitrogens is 3. The number of nitrogens with zero attached hydrogens (tertiary/aromatic N) is 6. The highest BCUT2D eigenvalue weighted by Gasteiger charge is 2.52. The van der Waals surface area contributed by atoms with Crippen LogP contribution in [0, 0.1) is 0 Å². The number of nitrogens with one attached hydrogen (secondary N) is 1. The van der Waals surface area contributed by atoms with Crippen LogP contribution < -0.4 is 11.2 Å². The largest absolute Gasteiger partial charge is 0.416 e. The van der Waals surface area contributed by atoms with Crippen molar-refractivity contribution in [2.75, 3.05) is 5.32 Å². The van der Waals surface area contributed by atoms with Gasteiger partial charge in [-0.3, -0.25) is 14.5 Å². The van der Waals surface area contributed by atoms with E-state index in [1.165, 1.54) is 12.1 Å². The topological polar surface area (TPSA) is 131 Å². The Morgan fingerprint density at radius 1 is 1.23 bits per heavy atom. The molecular weight excluding hydrogens is 525 g/mol. The van der Waals surface area contributed by atoms with E-state index in [1.54, 1.807) is 41.6 Å². The van der Waals surface area contributed by atoms with Gasteiger partial charge < -0.3 is 10.4 Å². The fourth-order valence-corrected chi connectivity index (χ4v) is 5.31. The number of nitrogens with two attached hydrogens (primary N) is 1. The summed E-state index contributed by atoms with van der Waals surface area (Å²) in [6.45, 7) is 0. The summed E-state index contributed by atoms with van der Waals surface area (Å²) in [5.41, 5.74) is 0.928. The highest BCUT2D eigenvalue weighted by molar-refractivity contribution is 6.05. The maximum atomic E-state index is 13.0. The lowest BCUT2D eigenvalue weighted by molar-refractivity contribution is -0.750. The normalized spacial score (nSPS) is 23.6. The van der Waals surface area contributed by atoms with Crippen LogP contribution >= 0.6 is 0 Å². The molecule has 0 saturated heterocycles. The molecule has 204 valence electrons. The molecule has 2 aromatic heterocycles. The summed E-state index contributed by atoms with van der Waals surface area (Å²) in [5, 5.41) is 18.7. The van der Waals surface area contributed by atoms with Crippen LogP contribution in [-0.2, 0) is 25.2 Å². The molecule has 0 saturated carbocycles. The SMILES string of the molecule is Cn1ncc2c1CCCC2(O)C1=C2C=NC=C[N+]2(N)C(c2ccc(C(=O)Nc3cc(C(F)(F)F)ccn3)cc2)=N1. The van der Waals surface area contributed by atoms with Crippen molar-refractivity contribution < 1.29 is 27.7 Å². The maximum absolute atomic E-state index is 13.0. The van der Waals surface area contributed by atoms with Crippen molar-refractivity contribution in [2.24, 2.45) is 22.9 Å². The molecule has 3 aliphatic rings. The monoisotopic (exact) mass is 549 g/mol. The summed E-state index contributed by atoms with van der Waals surface area (Å²) in [4.78, 5) is 25.6. The average Bonchev–Trinajstić information content (AvgIpc) is 3.47. The molecule has 1 amide bonds. The first kappa shape index (κ1) is 25.8. The highest BCUT2D eigenvalue weighted by atomic mass is 19.4. The molecule has 4 N–H and O–H groups in total. The molecule has 0 radical (unpaired) electrons. The maximum Gasteiger partial charge on any atom is 0.416 e. The number of benzene rings is 1. The van der Waals surface area contributed by atoms with Gasteiger partial charge in [-0.1, -0.05) is 0 Å². The quantitative estimate of drug-likeness (QED) is 0.339. The third-order valence-electron chi connectivity index (χ3n) is 7.38. The number of quaternary nitrogens is 1. The van der Waals surface area contributed by atoms with E-state index in [1.807, 2.05) is 7.05 Å². The van der Waals surface area contributed by atoms with E-state index in [4.69, 9.17) is 10.8 Å². The minimum atomic E-state index is -4.56. The van der Waals surface area contributed by atoms with Gasteiger partial charge in [0.05, 0.1) is 29.7 Å². The van der Waals surface area contributed by atoms with Crippen molar-refractivity contribution in [1.29, 1.82) is 0 Å². The first-order chi connectivity index (χ1) is 19.0. The molecule has 10 nitrogen and oxygen atoms in total. The molecule has 2 unspecified atom stereocenters. The molecule has 1 aliphatic carbocycles. The number of allylic oxidation sites excluding steroid dienone is 1. The van der Waals surface area contributed by atoms with Gasteiger partial charge in [0.2, 0.25) is 5.70 Å². The number of rotatable bonds is 4. The van der Waals surface area contributed by atoms with E-state index in [9.17, 15) is 23.1 Å². The van der Waals surface area contributed by atoms with Crippen molar-refractivity contribution >= 4 is 23.8 Å². The minimum absolute atomic E-state index is 0.195. The smallest absolute Gasteiger partial charge is 0.378 e. The van der Waals surface area contributed by atoms with Gasteiger partial charge in [-0.2, -0.15) is 29.1 Å². The molecule has 6 rings (SSSR count). The summed E-state index contributed by atoms with van der Waals surface area (Å²) in [7, 11) is 1.83. The van der Waals surface area contributed by atoms with E-state index in [2.05, 4.69) is 20.4 Å². The van der Waals surface area contributed by atoms with Crippen molar-refractivity contribution in [2.45, 2.75) is 31.0 Å². The number of carbonyl (C=O) groups excluding carboxylic acids is 1. The lowest BCUT2D eigenvalue weighted by Gasteiger charge is -2.32. The molecule has 40 heavy (non-hydrogen) atoms. The predicted molar refractivity (Wildman–Crippen MR) is 139 cm³/mol. The fourth-order valence-electron chi connectivity index (χ4n) is 5.31. The molecule has 4 heterocycles. The Morgan fingerprint density at radius 2 is 2.00 bits per heavy atom. The number of hydrogen-bond donors (Lipinski definition) is 3. The molecule has 13 heteroatoms. The Balaban J connectivity index is 1.32. The van der Waals surface area contributed by atoms with Crippen LogP contribution in [0.4, 0.5) is 19.0 Å². The molecule has 3 aromatic rings. The Kier molecular flexibility index (Phi) is 5.83. The number of aliphatic hydroxyl groups is 1. The van der Waals surface area contributed by atoms with Gasteiger partial charge in [0, 0.05) is 30.1 Å². The average molecular weight is 550 g/mol. The number of amidine groups is 1. The van der Waals surface area contributed by atoms with Crippen molar-refractivity contribution in [1.82, 2.24) is 14.8 Å². The van der Waals surface area contributed by atoms with Crippen molar-refractivity contribution in [3.05, 3.63) is 101 Å². The summed E-state index contributed by atoms with van der Waals surface area (Å²) in [6.07, 6.45) is 4.80. The Morgan fingerprint density at radius 3 is 2.75 bits per heavy atom. The van der Waals surface area contributed by atoms with Gasteiger partial charge in [-0.05, 0) is 55.7 Å². The molecule has 0 spiro atoms. The van der Waals surface area contributed by atoms with Crippen LogP contribution in [0.1, 0.15) is 45.6 Å². The van der Waals surface area contributed by atoms with Crippen LogP contribution in [0.15, 0.2) is 82.6 Å². The van der Waals surface area contributed by atoms with E-state index in [0.717, 1.165) is 36.9 Å². The number of halogens is 3. The number of carbonyl (C=O) groups is 1. The Labute approximate surface area is 226 Å². The zero-order chi connectivity index (χ0) is 28.3. The molecule has 2 aliphatic heterocycles. The lowest BCUT2D eigenvalue weighted by Crippen LogP contribution is -2.53.